The maximum Gasteiger partial charge on any atom is 0.282 e. The minimum atomic E-state index is -3.51. The van der Waals surface area contributed by atoms with Crippen LogP contribution in [0.4, 0.5) is 0 Å². The Morgan fingerprint density at radius 2 is 1.81 bits per heavy atom. The van der Waals surface area contributed by atoms with Gasteiger partial charge < -0.3 is 4.90 Å². The Labute approximate surface area is 183 Å². The van der Waals surface area contributed by atoms with Crippen molar-refractivity contribution in [2.75, 3.05) is 33.2 Å². The summed E-state index contributed by atoms with van der Waals surface area (Å²) < 4.78 is 30.7. The van der Waals surface area contributed by atoms with Gasteiger partial charge in [0.15, 0.2) is 0 Å². The molecular weight excluding hydrogens is 418 g/mol. The number of aryl methyl sites for hydroxylation is 1. The molecule has 31 heavy (non-hydrogen) atoms. The summed E-state index contributed by atoms with van der Waals surface area (Å²) in [5, 5.41) is 11.2. The molecule has 1 amide bonds. The van der Waals surface area contributed by atoms with E-state index >= 15 is 0 Å². The number of carbonyl (C=O) groups excluding carboxylic acids is 1. The normalized spacial score (nSPS) is 19.1. The summed E-state index contributed by atoms with van der Waals surface area (Å²) in [6.45, 7) is 3.29. The van der Waals surface area contributed by atoms with Gasteiger partial charge in [-0.1, -0.05) is 19.3 Å². The number of amides is 1. The van der Waals surface area contributed by atoms with Crippen LogP contribution in [-0.2, 0) is 10.2 Å². The maximum absolute atomic E-state index is 13.1. The van der Waals surface area contributed by atoms with E-state index in [-0.39, 0.29) is 11.9 Å². The summed E-state index contributed by atoms with van der Waals surface area (Å²) in [5.74, 6) is -0.0935. The summed E-state index contributed by atoms with van der Waals surface area (Å²) in [5.41, 5.74) is 2.27. The molecule has 2 aromatic rings. The summed E-state index contributed by atoms with van der Waals surface area (Å²) in [7, 11) is -1.81. The van der Waals surface area contributed by atoms with Crippen molar-refractivity contribution in [2.24, 2.45) is 0 Å². The second kappa shape index (κ2) is 9.01. The van der Waals surface area contributed by atoms with Crippen molar-refractivity contribution in [3.63, 3.8) is 0 Å². The minimum absolute atomic E-state index is 0.0834. The SMILES string of the molecule is Cc1cc(C(=O)N2CCN(S(=O)(=O)N(C)C3CCCCC3)CC2)ccc1-n1cnnn1. The zero-order valence-corrected chi connectivity index (χ0v) is 18.8. The van der Waals surface area contributed by atoms with Crippen LogP contribution in [-0.4, -0.2) is 87.3 Å². The van der Waals surface area contributed by atoms with Crippen molar-refractivity contribution in [1.82, 2.24) is 33.7 Å². The van der Waals surface area contributed by atoms with Crippen molar-refractivity contribution in [3.8, 4) is 5.69 Å². The molecule has 1 aliphatic heterocycles. The molecule has 2 aliphatic rings. The van der Waals surface area contributed by atoms with Crippen LogP contribution in [0.25, 0.3) is 5.69 Å². The van der Waals surface area contributed by atoms with E-state index in [1.54, 1.807) is 27.0 Å². The molecule has 1 aliphatic carbocycles. The fourth-order valence-corrected chi connectivity index (χ4v) is 6.01. The van der Waals surface area contributed by atoms with Crippen LogP contribution in [0.3, 0.4) is 0 Å². The predicted octanol–water partition coefficient (Wildman–Crippen LogP) is 1.24. The first-order valence-electron chi connectivity index (χ1n) is 10.7. The second-order valence-corrected chi connectivity index (χ2v) is 10.3. The molecule has 0 bridgehead atoms. The van der Waals surface area contributed by atoms with Gasteiger partial charge in [-0.05, 0) is 54.0 Å². The number of aromatic nitrogens is 4. The molecule has 0 unspecified atom stereocenters. The number of nitrogens with zero attached hydrogens (tertiary/aromatic N) is 7. The molecule has 1 aromatic carbocycles. The van der Waals surface area contributed by atoms with Crippen molar-refractivity contribution in [3.05, 3.63) is 35.7 Å². The first-order valence-corrected chi connectivity index (χ1v) is 12.1. The largest absolute Gasteiger partial charge is 0.336 e. The van der Waals surface area contributed by atoms with Crippen molar-refractivity contribution >= 4 is 16.1 Å². The fraction of sp³-hybridized carbons (Fsp3) is 0.600. The highest BCUT2D eigenvalue weighted by Crippen LogP contribution is 2.25. The average molecular weight is 448 g/mol. The number of hydrogen-bond donors (Lipinski definition) is 0. The summed E-state index contributed by atoms with van der Waals surface area (Å²) in [6.07, 6.45) is 6.70. The Balaban J connectivity index is 1.39. The molecule has 10 nitrogen and oxygen atoms in total. The molecule has 0 radical (unpaired) electrons. The van der Waals surface area contributed by atoms with E-state index in [4.69, 9.17) is 0 Å². The minimum Gasteiger partial charge on any atom is -0.336 e. The van der Waals surface area contributed by atoms with E-state index in [9.17, 15) is 13.2 Å². The summed E-state index contributed by atoms with van der Waals surface area (Å²) >= 11 is 0. The lowest BCUT2D eigenvalue weighted by Crippen LogP contribution is -2.55. The highest BCUT2D eigenvalue weighted by Gasteiger charge is 2.35. The molecule has 2 fully saturated rings. The van der Waals surface area contributed by atoms with Crippen LogP contribution < -0.4 is 0 Å². The molecule has 2 heterocycles. The molecule has 1 aromatic heterocycles. The third kappa shape index (κ3) is 4.48. The lowest BCUT2D eigenvalue weighted by molar-refractivity contribution is 0.0692. The zero-order valence-electron chi connectivity index (χ0n) is 18.0. The Kier molecular flexibility index (Phi) is 6.35. The fourth-order valence-electron chi connectivity index (χ4n) is 4.44. The Morgan fingerprint density at radius 1 is 1.10 bits per heavy atom. The van der Waals surface area contributed by atoms with E-state index in [0.29, 0.717) is 31.7 Å². The van der Waals surface area contributed by atoms with Crippen LogP contribution in [0, 0.1) is 6.92 Å². The van der Waals surface area contributed by atoms with Crippen LogP contribution in [0.2, 0.25) is 0 Å². The van der Waals surface area contributed by atoms with E-state index in [2.05, 4.69) is 15.5 Å². The third-order valence-electron chi connectivity index (χ3n) is 6.34. The van der Waals surface area contributed by atoms with Crippen LogP contribution in [0.5, 0.6) is 0 Å². The first kappa shape index (κ1) is 21.8. The van der Waals surface area contributed by atoms with E-state index in [1.807, 2.05) is 19.1 Å². The number of hydrogen-bond acceptors (Lipinski definition) is 6. The predicted molar refractivity (Wildman–Crippen MR) is 115 cm³/mol. The smallest absolute Gasteiger partial charge is 0.282 e. The van der Waals surface area contributed by atoms with Gasteiger partial charge in [-0.3, -0.25) is 4.79 Å². The molecule has 11 heteroatoms. The second-order valence-electron chi connectivity index (χ2n) is 8.26. The standard InChI is InChI=1S/C20H29N7O3S/c1-16-14-17(8-9-19(16)27-15-21-22-23-27)20(28)25-10-12-26(13-11-25)31(29,30)24(2)18-6-4-3-5-7-18/h8-9,14-15,18H,3-7,10-13H2,1-2H3. The van der Waals surface area contributed by atoms with E-state index in [1.165, 1.54) is 17.1 Å². The zero-order chi connectivity index (χ0) is 22.0. The lowest BCUT2D eigenvalue weighted by Gasteiger charge is -2.38. The number of rotatable bonds is 5. The quantitative estimate of drug-likeness (QED) is 0.683. The average Bonchev–Trinajstić information content (AvgIpc) is 3.33. The van der Waals surface area contributed by atoms with Gasteiger partial charge in [0, 0.05) is 44.8 Å². The molecule has 0 N–H and O–H groups in total. The Hall–Kier alpha value is -2.37. The highest BCUT2D eigenvalue weighted by molar-refractivity contribution is 7.86. The number of carbonyl (C=O) groups is 1. The molecule has 1 saturated carbocycles. The van der Waals surface area contributed by atoms with E-state index < -0.39 is 10.2 Å². The van der Waals surface area contributed by atoms with Gasteiger partial charge in [-0.2, -0.15) is 17.0 Å². The van der Waals surface area contributed by atoms with E-state index in [0.717, 1.165) is 36.9 Å². The third-order valence-corrected chi connectivity index (χ3v) is 8.39. The molecule has 1 saturated heterocycles. The topological polar surface area (TPSA) is 105 Å². The number of piperazine rings is 1. The van der Waals surface area contributed by atoms with Gasteiger partial charge in [0.1, 0.15) is 6.33 Å². The highest BCUT2D eigenvalue weighted by atomic mass is 32.2. The van der Waals surface area contributed by atoms with Gasteiger partial charge in [0.2, 0.25) is 0 Å². The van der Waals surface area contributed by atoms with Gasteiger partial charge in [0.05, 0.1) is 5.69 Å². The summed E-state index contributed by atoms with van der Waals surface area (Å²) in [6, 6.07) is 5.48. The van der Waals surface area contributed by atoms with Crippen LogP contribution in [0.1, 0.15) is 48.0 Å². The Morgan fingerprint density at radius 3 is 2.42 bits per heavy atom. The molecule has 0 atom stereocenters. The van der Waals surface area contributed by atoms with Crippen molar-refractivity contribution in [2.45, 2.75) is 45.1 Å². The summed E-state index contributed by atoms with van der Waals surface area (Å²) in [4.78, 5) is 14.7. The van der Waals surface area contributed by atoms with Gasteiger partial charge in [0.25, 0.3) is 16.1 Å². The van der Waals surface area contributed by atoms with Gasteiger partial charge >= 0.3 is 0 Å². The molecule has 4 rings (SSSR count). The van der Waals surface area contributed by atoms with Gasteiger partial charge in [-0.15, -0.1) is 5.10 Å². The van der Waals surface area contributed by atoms with Gasteiger partial charge in [-0.25, -0.2) is 4.68 Å². The first-order chi connectivity index (χ1) is 14.9. The molecule has 0 spiro atoms. The lowest BCUT2D eigenvalue weighted by atomic mass is 9.96. The Bertz CT molecular complexity index is 1010. The van der Waals surface area contributed by atoms with Crippen molar-refractivity contribution in [1.29, 1.82) is 0 Å². The van der Waals surface area contributed by atoms with Crippen molar-refractivity contribution < 1.29 is 13.2 Å². The van der Waals surface area contributed by atoms with Crippen LogP contribution in [0.15, 0.2) is 24.5 Å². The monoisotopic (exact) mass is 447 g/mol. The van der Waals surface area contributed by atoms with Crippen LogP contribution >= 0.6 is 0 Å². The number of benzene rings is 1. The number of tetrazole rings is 1. The maximum atomic E-state index is 13.1. The molecular formula is C20H29N7O3S. The molecule has 168 valence electrons.